The zero-order valence-electron chi connectivity index (χ0n) is 20.2. The minimum atomic E-state index is -0.509. The molecule has 0 spiro atoms. The van der Waals surface area contributed by atoms with Gasteiger partial charge in [-0.2, -0.15) is 5.10 Å². The summed E-state index contributed by atoms with van der Waals surface area (Å²) in [6.07, 6.45) is 6.83. The van der Waals surface area contributed by atoms with E-state index in [4.69, 9.17) is 11.7 Å². The van der Waals surface area contributed by atoms with E-state index in [1.165, 1.54) is 0 Å². The van der Waals surface area contributed by atoms with Gasteiger partial charge in [-0.15, -0.1) is 0 Å². The van der Waals surface area contributed by atoms with Gasteiger partial charge in [0.1, 0.15) is 6.33 Å². The fraction of sp³-hybridized carbons (Fsp3) is 0.233. The van der Waals surface area contributed by atoms with Crippen molar-refractivity contribution in [1.82, 2.24) is 19.7 Å². The molecule has 2 aromatic carbocycles. The summed E-state index contributed by atoms with van der Waals surface area (Å²) in [5, 5.41) is 5.21. The highest BCUT2D eigenvalue weighted by Gasteiger charge is 2.50. The van der Waals surface area contributed by atoms with Gasteiger partial charge in [0.15, 0.2) is 5.78 Å². The molecule has 0 bridgehead atoms. The van der Waals surface area contributed by atoms with Crippen LogP contribution in [0.25, 0.3) is 33.0 Å². The molecule has 0 fully saturated rings. The molecule has 0 radical (unpaired) electrons. The Morgan fingerprint density at radius 3 is 2.64 bits per heavy atom. The molecule has 6 nitrogen and oxygen atoms in total. The maximum absolute atomic E-state index is 12.8. The normalized spacial score (nSPS) is 22.8. The minimum Gasteiger partial charge on any atom is -0.308 e. The van der Waals surface area contributed by atoms with Crippen molar-refractivity contribution in [3.05, 3.63) is 108 Å². The molecule has 0 N–H and O–H groups in total. The van der Waals surface area contributed by atoms with Crippen LogP contribution in [-0.4, -0.2) is 25.5 Å². The molecule has 36 heavy (non-hydrogen) atoms. The van der Waals surface area contributed by atoms with Gasteiger partial charge in [-0.3, -0.25) is 0 Å². The molecule has 0 unspecified atom stereocenters. The Morgan fingerprint density at radius 1 is 1.08 bits per heavy atom. The van der Waals surface area contributed by atoms with Gasteiger partial charge in [0.05, 0.1) is 29.3 Å². The van der Waals surface area contributed by atoms with Gasteiger partial charge in [-0.05, 0) is 48.1 Å². The van der Waals surface area contributed by atoms with Gasteiger partial charge in [0, 0.05) is 23.1 Å². The van der Waals surface area contributed by atoms with Crippen LogP contribution in [-0.2, 0) is 16.6 Å². The van der Waals surface area contributed by atoms with Crippen LogP contribution in [0.2, 0.25) is 0 Å². The number of carbonyl (C=O) groups excluding carboxylic acids is 1. The number of aromatic nitrogens is 4. The second-order valence-electron chi connectivity index (χ2n) is 9.82. The van der Waals surface area contributed by atoms with E-state index in [1.54, 1.807) is 12.5 Å². The first-order valence-electron chi connectivity index (χ1n) is 12.2. The fourth-order valence-electron chi connectivity index (χ4n) is 6.03. The van der Waals surface area contributed by atoms with Crippen molar-refractivity contribution in [2.45, 2.75) is 32.1 Å². The topological polar surface area (TPSA) is 65.0 Å². The van der Waals surface area contributed by atoms with E-state index in [0.29, 0.717) is 0 Å². The van der Waals surface area contributed by atoms with Gasteiger partial charge in [0.2, 0.25) is 5.70 Å². The van der Waals surface area contributed by atoms with Crippen molar-refractivity contribution in [3.63, 3.8) is 0 Å². The first kappa shape index (κ1) is 22.1. The van der Waals surface area contributed by atoms with Crippen LogP contribution in [0.15, 0.2) is 85.0 Å². The maximum atomic E-state index is 12.8. The molecule has 2 heterocycles. The molecule has 3 atom stereocenters. The van der Waals surface area contributed by atoms with Gasteiger partial charge in [0.25, 0.3) is 0 Å². The summed E-state index contributed by atoms with van der Waals surface area (Å²) in [4.78, 5) is 25.1. The first-order chi connectivity index (χ1) is 17.5. The summed E-state index contributed by atoms with van der Waals surface area (Å²) in [6, 6.07) is 20.5. The van der Waals surface area contributed by atoms with Crippen LogP contribution >= 0.6 is 0 Å². The van der Waals surface area contributed by atoms with E-state index in [9.17, 15) is 4.79 Å². The van der Waals surface area contributed by atoms with Gasteiger partial charge in [-0.25, -0.2) is 19.5 Å². The number of allylic oxidation sites excluding steroid dienone is 2. The Bertz CT molecular complexity index is 1550. The number of Topliss-reactive ketones (excluding diaryl/α,β-unsaturated/α-hetero) is 1. The minimum absolute atomic E-state index is 0.0538. The van der Waals surface area contributed by atoms with E-state index in [-0.39, 0.29) is 23.3 Å². The summed E-state index contributed by atoms with van der Waals surface area (Å²) in [6.45, 7) is 11.7. The molecular weight excluding hydrogens is 446 g/mol. The van der Waals surface area contributed by atoms with Crippen molar-refractivity contribution in [3.8, 4) is 28.2 Å². The standard InChI is InChI=1S/C30H25N5O/c1-19-24-13-12-23-27(25-14-15-32-18-33-25)35(34-29(23)30(24,2)17-26(31-3)28(19)36)22-11-7-10-21(16-22)20-8-5-4-6-9-20/h4-11,14-19,24H,12-13H2,1-2H3/t19-,24-,30-/m1/s1. The number of benzene rings is 2. The highest BCUT2D eigenvalue weighted by Crippen LogP contribution is 2.51. The lowest BCUT2D eigenvalue weighted by Gasteiger charge is -2.44. The predicted molar refractivity (Wildman–Crippen MR) is 138 cm³/mol. The Balaban J connectivity index is 1.60. The van der Waals surface area contributed by atoms with E-state index in [1.807, 2.05) is 48.0 Å². The smallest absolute Gasteiger partial charge is 0.226 e. The average molecular weight is 472 g/mol. The second-order valence-corrected chi connectivity index (χ2v) is 9.82. The molecule has 0 saturated heterocycles. The highest BCUT2D eigenvalue weighted by atomic mass is 16.1. The summed E-state index contributed by atoms with van der Waals surface area (Å²) in [5.41, 5.74) is 6.69. The lowest BCUT2D eigenvalue weighted by atomic mass is 9.58. The van der Waals surface area contributed by atoms with Gasteiger partial charge >= 0.3 is 0 Å². The molecule has 4 aromatic rings. The van der Waals surface area contributed by atoms with E-state index in [0.717, 1.165) is 52.3 Å². The lowest BCUT2D eigenvalue weighted by molar-refractivity contribution is -0.121. The van der Waals surface area contributed by atoms with Gasteiger partial charge < -0.3 is 4.79 Å². The molecule has 2 aliphatic carbocycles. The van der Waals surface area contributed by atoms with Crippen LogP contribution < -0.4 is 0 Å². The molecule has 0 aliphatic heterocycles. The molecule has 2 aromatic heterocycles. The van der Waals surface area contributed by atoms with Crippen LogP contribution in [0.4, 0.5) is 0 Å². The Hall–Kier alpha value is -4.37. The largest absolute Gasteiger partial charge is 0.308 e. The quantitative estimate of drug-likeness (QED) is 0.352. The van der Waals surface area contributed by atoms with Crippen LogP contribution in [0.5, 0.6) is 0 Å². The first-order valence-corrected chi connectivity index (χ1v) is 12.2. The number of ketones is 1. The van der Waals surface area contributed by atoms with Crippen LogP contribution in [0, 0.1) is 18.4 Å². The number of hydrogen-bond acceptors (Lipinski definition) is 4. The molecular formula is C30H25N5O. The predicted octanol–water partition coefficient (Wildman–Crippen LogP) is 5.84. The lowest BCUT2D eigenvalue weighted by Crippen LogP contribution is -2.45. The van der Waals surface area contributed by atoms with Crippen LogP contribution in [0.1, 0.15) is 31.5 Å². The molecule has 176 valence electrons. The summed E-state index contributed by atoms with van der Waals surface area (Å²) >= 11 is 0. The zero-order valence-corrected chi connectivity index (χ0v) is 20.2. The van der Waals surface area contributed by atoms with Gasteiger partial charge in [-0.1, -0.05) is 62.4 Å². The van der Waals surface area contributed by atoms with Crippen molar-refractivity contribution >= 4 is 5.78 Å². The average Bonchev–Trinajstić information content (AvgIpc) is 3.33. The molecule has 6 heteroatoms. The van der Waals surface area contributed by atoms with E-state index >= 15 is 0 Å². The maximum Gasteiger partial charge on any atom is 0.226 e. The third kappa shape index (κ3) is 3.31. The van der Waals surface area contributed by atoms with Crippen molar-refractivity contribution in [2.75, 3.05) is 0 Å². The highest BCUT2D eigenvalue weighted by molar-refractivity contribution is 6.00. The van der Waals surface area contributed by atoms with E-state index < -0.39 is 5.41 Å². The summed E-state index contributed by atoms with van der Waals surface area (Å²) < 4.78 is 1.99. The number of nitrogens with zero attached hydrogens (tertiary/aromatic N) is 5. The molecule has 0 saturated carbocycles. The monoisotopic (exact) mass is 471 g/mol. The number of rotatable bonds is 3. The Morgan fingerprint density at radius 2 is 1.89 bits per heavy atom. The Kier molecular flexibility index (Phi) is 5.15. The van der Waals surface area contributed by atoms with Crippen molar-refractivity contribution in [2.24, 2.45) is 11.8 Å². The number of fused-ring (bicyclic) bond motifs is 3. The third-order valence-electron chi connectivity index (χ3n) is 7.82. The SMILES string of the molecule is [C-]#[N+]C1=C[C@@]2(C)c3nn(-c4cccc(-c5ccccc5)c4)c(-c4ccncn4)c3CC[C@@H]2[C@@H](C)C1=O. The number of carbonyl (C=O) groups is 1. The van der Waals surface area contributed by atoms with Crippen LogP contribution in [0.3, 0.4) is 0 Å². The Labute approximate surface area is 210 Å². The van der Waals surface area contributed by atoms with E-state index in [2.05, 4.69) is 52.1 Å². The second kappa shape index (κ2) is 8.39. The van der Waals surface area contributed by atoms with Crippen molar-refractivity contribution < 1.29 is 4.79 Å². The fourth-order valence-corrected chi connectivity index (χ4v) is 6.03. The number of hydrogen-bond donors (Lipinski definition) is 0. The summed E-state index contributed by atoms with van der Waals surface area (Å²) in [7, 11) is 0. The zero-order chi connectivity index (χ0) is 24.9. The molecule has 6 rings (SSSR count). The summed E-state index contributed by atoms with van der Waals surface area (Å²) in [5.74, 6) is -0.173. The van der Waals surface area contributed by atoms with Crippen molar-refractivity contribution in [1.29, 1.82) is 0 Å². The molecule has 2 aliphatic rings. The third-order valence-corrected chi connectivity index (χ3v) is 7.82. The molecule has 0 amide bonds.